The van der Waals surface area contributed by atoms with Crippen LogP contribution < -0.4 is 15.4 Å². The molecule has 3 heteroatoms. The standard InChI is InChI=1S/C11H18N2O/c1-8(12)10-7-9(14-4)5-6-11(10)13(2)3/h5-8H,12H2,1-4H3. The molecule has 0 bridgehead atoms. The van der Waals surface area contributed by atoms with Gasteiger partial charge in [0.2, 0.25) is 0 Å². The first kappa shape index (κ1) is 10.9. The summed E-state index contributed by atoms with van der Waals surface area (Å²) in [5.74, 6) is 0.850. The molecular weight excluding hydrogens is 176 g/mol. The van der Waals surface area contributed by atoms with E-state index in [1.807, 2.05) is 39.2 Å². The molecule has 1 atom stereocenters. The fraction of sp³-hybridized carbons (Fsp3) is 0.455. The maximum atomic E-state index is 5.89. The molecule has 0 saturated heterocycles. The van der Waals surface area contributed by atoms with Crippen LogP contribution in [0.5, 0.6) is 5.75 Å². The Hall–Kier alpha value is -1.22. The molecule has 14 heavy (non-hydrogen) atoms. The van der Waals surface area contributed by atoms with Gasteiger partial charge in [0, 0.05) is 25.8 Å². The first-order chi connectivity index (χ1) is 6.56. The number of nitrogens with two attached hydrogens (primary N) is 1. The molecule has 0 heterocycles. The molecule has 1 rings (SSSR count). The third kappa shape index (κ3) is 2.17. The van der Waals surface area contributed by atoms with Crippen molar-refractivity contribution in [1.82, 2.24) is 0 Å². The van der Waals surface area contributed by atoms with E-state index in [-0.39, 0.29) is 6.04 Å². The van der Waals surface area contributed by atoms with Crippen LogP contribution in [0.25, 0.3) is 0 Å². The molecule has 0 saturated carbocycles. The highest BCUT2D eigenvalue weighted by Crippen LogP contribution is 2.27. The Morgan fingerprint density at radius 1 is 1.36 bits per heavy atom. The summed E-state index contributed by atoms with van der Waals surface area (Å²) in [6.45, 7) is 1.97. The van der Waals surface area contributed by atoms with Crippen LogP contribution >= 0.6 is 0 Å². The predicted molar refractivity (Wildman–Crippen MR) is 59.9 cm³/mol. The molecule has 0 aliphatic rings. The smallest absolute Gasteiger partial charge is 0.119 e. The largest absolute Gasteiger partial charge is 0.497 e. The minimum absolute atomic E-state index is 0.0162. The minimum Gasteiger partial charge on any atom is -0.497 e. The van der Waals surface area contributed by atoms with Crippen LogP contribution in [0.1, 0.15) is 18.5 Å². The van der Waals surface area contributed by atoms with Gasteiger partial charge in [0.25, 0.3) is 0 Å². The summed E-state index contributed by atoms with van der Waals surface area (Å²) in [5.41, 5.74) is 8.14. The Bertz CT molecular complexity index is 308. The Morgan fingerprint density at radius 3 is 2.43 bits per heavy atom. The Morgan fingerprint density at radius 2 is 2.00 bits per heavy atom. The van der Waals surface area contributed by atoms with Crippen molar-refractivity contribution in [1.29, 1.82) is 0 Å². The monoisotopic (exact) mass is 194 g/mol. The Kier molecular flexibility index (Phi) is 3.36. The maximum absolute atomic E-state index is 5.89. The number of anilines is 1. The first-order valence-corrected chi connectivity index (χ1v) is 4.67. The zero-order valence-electron chi connectivity index (χ0n) is 9.24. The first-order valence-electron chi connectivity index (χ1n) is 4.67. The summed E-state index contributed by atoms with van der Waals surface area (Å²) in [7, 11) is 5.68. The molecule has 0 aliphatic heterocycles. The molecule has 0 aliphatic carbocycles. The van der Waals surface area contributed by atoms with Gasteiger partial charge in [-0.05, 0) is 30.7 Å². The van der Waals surface area contributed by atoms with Gasteiger partial charge in [0.15, 0.2) is 0 Å². The molecule has 0 fully saturated rings. The number of hydrogen-bond donors (Lipinski definition) is 1. The number of hydrogen-bond acceptors (Lipinski definition) is 3. The highest BCUT2D eigenvalue weighted by atomic mass is 16.5. The highest BCUT2D eigenvalue weighted by molar-refractivity contribution is 5.56. The lowest BCUT2D eigenvalue weighted by Gasteiger charge is -2.20. The van der Waals surface area contributed by atoms with Gasteiger partial charge in [-0.3, -0.25) is 0 Å². The molecule has 0 aromatic heterocycles. The van der Waals surface area contributed by atoms with Gasteiger partial charge in [-0.25, -0.2) is 0 Å². The topological polar surface area (TPSA) is 38.5 Å². The predicted octanol–water partition coefficient (Wildman–Crippen LogP) is 1.78. The summed E-state index contributed by atoms with van der Waals surface area (Å²) >= 11 is 0. The third-order valence-corrected chi connectivity index (χ3v) is 2.21. The van der Waals surface area contributed by atoms with E-state index < -0.39 is 0 Å². The summed E-state index contributed by atoms with van der Waals surface area (Å²) in [5, 5.41) is 0. The lowest BCUT2D eigenvalue weighted by atomic mass is 10.1. The SMILES string of the molecule is COc1ccc(N(C)C)c(C(C)N)c1. The Labute approximate surface area is 85.5 Å². The number of ether oxygens (including phenoxy) is 1. The fourth-order valence-electron chi connectivity index (χ4n) is 1.43. The van der Waals surface area contributed by atoms with E-state index in [9.17, 15) is 0 Å². The minimum atomic E-state index is 0.0162. The number of nitrogens with zero attached hydrogens (tertiary/aromatic N) is 1. The van der Waals surface area contributed by atoms with Crippen LogP contribution in [0.4, 0.5) is 5.69 Å². The number of benzene rings is 1. The van der Waals surface area contributed by atoms with Crippen molar-refractivity contribution in [2.24, 2.45) is 5.73 Å². The summed E-state index contributed by atoms with van der Waals surface area (Å²) in [6, 6.07) is 5.97. The van der Waals surface area contributed by atoms with Crippen LogP contribution in [0.15, 0.2) is 18.2 Å². The zero-order chi connectivity index (χ0) is 10.7. The Balaban J connectivity index is 3.17. The van der Waals surface area contributed by atoms with Crippen molar-refractivity contribution in [3.8, 4) is 5.75 Å². The summed E-state index contributed by atoms with van der Waals surface area (Å²) in [4.78, 5) is 2.05. The van der Waals surface area contributed by atoms with Gasteiger partial charge in [-0.2, -0.15) is 0 Å². The van der Waals surface area contributed by atoms with Crippen LogP contribution in [0.2, 0.25) is 0 Å². The van der Waals surface area contributed by atoms with Crippen LogP contribution in [-0.2, 0) is 0 Å². The maximum Gasteiger partial charge on any atom is 0.119 e. The number of rotatable bonds is 3. The number of methoxy groups -OCH3 is 1. The van der Waals surface area contributed by atoms with Crippen LogP contribution in [0, 0.1) is 0 Å². The average Bonchev–Trinajstić information content (AvgIpc) is 2.16. The van der Waals surface area contributed by atoms with Gasteiger partial charge in [0.1, 0.15) is 5.75 Å². The molecule has 0 spiro atoms. The second-order valence-corrected chi connectivity index (χ2v) is 3.61. The molecule has 2 N–H and O–H groups in total. The van der Waals surface area contributed by atoms with E-state index in [0.717, 1.165) is 17.0 Å². The van der Waals surface area contributed by atoms with E-state index in [1.54, 1.807) is 7.11 Å². The van der Waals surface area contributed by atoms with Crippen molar-refractivity contribution in [2.75, 3.05) is 26.1 Å². The molecule has 0 radical (unpaired) electrons. The lowest BCUT2D eigenvalue weighted by Crippen LogP contribution is -2.15. The molecule has 78 valence electrons. The van der Waals surface area contributed by atoms with Crippen molar-refractivity contribution in [3.63, 3.8) is 0 Å². The fourth-order valence-corrected chi connectivity index (χ4v) is 1.43. The molecule has 3 nitrogen and oxygen atoms in total. The van der Waals surface area contributed by atoms with Gasteiger partial charge in [-0.1, -0.05) is 0 Å². The van der Waals surface area contributed by atoms with E-state index in [4.69, 9.17) is 10.5 Å². The van der Waals surface area contributed by atoms with Crippen molar-refractivity contribution >= 4 is 5.69 Å². The van der Waals surface area contributed by atoms with Crippen molar-refractivity contribution in [3.05, 3.63) is 23.8 Å². The summed E-state index contributed by atoms with van der Waals surface area (Å²) < 4.78 is 5.17. The van der Waals surface area contributed by atoms with Crippen LogP contribution in [0.3, 0.4) is 0 Å². The van der Waals surface area contributed by atoms with E-state index >= 15 is 0 Å². The van der Waals surface area contributed by atoms with E-state index in [1.165, 1.54) is 0 Å². The second-order valence-electron chi connectivity index (χ2n) is 3.61. The average molecular weight is 194 g/mol. The van der Waals surface area contributed by atoms with Crippen molar-refractivity contribution in [2.45, 2.75) is 13.0 Å². The normalized spacial score (nSPS) is 12.4. The van der Waals surface area contributed by atoms with Gasteiger partial charge in [0.05, 0.1) is 7.11 Å². The zero-order valence-corrected chi connectivity index (χ0v) is 9.24. The molecule has 1 aromatic carbocycles. The third-order valence-electron chi connectivity index (χ3n) is 2.21. The molecular formula is C11H18N2O. The second kappa shape index (κ2) is 4.33. The highest BCUT2D eigenvalue weighted by Gasteiger charge is 2.09. The van der Waals surface area contributed by atoms with Gasteiger partial charge >= 0.3 is 0 Å². The van der Waals surface area contributed by atoms with E-state index in [0.29, 0.717) is 0 Å². The van der Waals surface area contributed by atoms with Gasteiger partial charge < -0.3 is 15.4 Å². The lowest BCUT2D eigenvalue weighted by molar-refractivity contribution is 0.414. The summed E-state index contributed by atoms with van der Waals surface area (Å²) in [6.07, 6.45) is 0. The van der Waals surface area contributed by atoms with Gasteiger partial charge in [-0.15, -0.1) is 0 Å². The van der Waals surface area contributed by atoms with Crippen LogP contribution in [-0.4, -0.2) is 21.2 Å². The molecule has 1 unspecified atom stereocenters. The quantitative estimate of drug-likeness (QED) is 0.797. The molecule has 0 amide bonds. The van der Waals surface area contributed by atoms with E-state index in [2.05, 4.69) is 4.90 Å². The van der Waals surface area contributed by atoms with Crippen molar-refractivity contribution < 1.29 is 4.74 Å². The molecule has 1 aromatic rings.